The van der Waals surface area contributed by atoms with Crippen molar-refractivity contribution in [2.24, 2.45) is 0 Å². The summed E-state index contributed by atoms with van der Waals surface area (Å²) in [7, 11) is 0. The summed E-state index contributed by atoms with van der Waals surface area (Å²) in [6.45, 7) is 0.920. The lowest BCUT2D eigenvalue weighted by Gasteiger charge is -2.05. The van der Waals surface area contributed by atoms with Crippen LogP contribution in [0.2, 0.25) is 0 Å². The van der Waals surface area contributed by atoms with E-state index < -0.39 is 0 Å². The van der Waals surface area contributed by atoms with E-state index >= 15 is 0 Å². The number of hydrogen-bond donors (Lipinski definition) is 1. The van der Waals surface area contributed by atoms with Gasteiger partial charge in [0.2, 0.25) is 5.82 Å². The highest BCUT2D eigenvalue weighted by Crippen LogP contribution is 2.19. The summed E-state index contributed by atoms with van der Waals surface area (Å²) in [4.78, 5) is 12.7. The molecule has 1 N–H and O–H groups in total. The van der Waals surface area contributed by atoms with Crippen LogP contribution in [0.4, 0.5) is 5.82 Å². The van der Waals surface area contributed by atoms with Gasteiger partial charge in [-0.15, -0.1) is 0 Å². The monoisotopic (exact) mass is 359 g/mol. The third-order valence-electron chi connectivity index (χ3n) is 3.81. The van der Waals surface area contributed by atoms with E-state index in [9.17, 15) is 0 Å². The first-order valence-corrected chi connectivity index (χ1v) is 8.46. The van der Waals surface area contributed by atoms with Gasteiger partial charge < -0.3 is 14.6 Å². The molecule has 7 heteroatoms. The van der Waals surface area contributed by atoms with Gasteiger partial charge >= 0.3 is 0 Å². The van der Waals surface area contributed by atoms with Crippen molar-refractivity contribution in [1.29, 1.82) is 0 Å². The van der Waals surface area contributed by atoms with Gasteiger partial charge in [-0.3, -0.25) is 4.98 Å². The highest BCUT2D eigenvalue weighted by atomic mass is 16.5. The van der Waals surface area contributed by atoms with Crippen molar-refractivity contribution in [2.75, 3.05) is 5.32 Å². The molecule has 0 atom stereocenters. The number of nitrogens with one attached hydrogen (secondary N) is 1. The largest absolute Gasteiger partial charge is 0.485 e. The molecule has 0 aliphatic heterocycles. The van der Waals surface area contributed by atoms with Gasteiger partial charge in [-0.05, 0) is 42.0 Å². The van der Waals surface area contributed by atoms with Crippen LogP contribution in [0.5, 0.6) is 5.75 Å². The Bertz CT molecular complexity index is 972. The smallest absolute Gasteiger partial charge is 0.259 e. The molecule has 27 heavy (non-hydrogen) atoms. The normalized spacial score (nSPS) is 10.5. The summed E-state index contributed by atoms with van der Waals surface area (Å²) in [6, 6.07) is 17.2. The van der Waals surface area contributed by atoms with Crippen molar-refractivity contribution in [3.05, 3.63) is 84.6 Å². The summed E-state index contributed by atoms with van der Waals surface area (Å²) in [5.41, 5.74) is 1.89. The van der Waals surface area contributed by atoms with Crippen molar-refractivity contribution in [1.82, 2.24) is 20.1 Å². The van der Waals surface area contributed by atoms with E-state index in [2.05, 4.69) is 25.4 Å². The minimum atomic E-state index is 0.243. The molecular weight excluding hydrogens is 342 g/mol. The SMILES string of the molecule is c1ccc(OCc2noc(-c3ccc(NCc4ccncc4)nc3)n2)cc1. The van der Waals surface area contributed by atoms with Crippen LogP contribution in [0.3, 0.4) is 0 Å². The van der Waals surface area contributed by atoms with Gasteiger partial charge in [0, 0.05) is 25.1 Å². The lowest BCUT2D eigenvalue weighted by atomic mass is 10.2. The molecule has 7 nitrogen and oxygen atoms in total. The number of aromatic nitrogens is 4. The van der Waals surface area contributed by atoms with E-state index in [1.807, 2.05) is 54.6 Å². The first-order valence-electron chi connectivity index (χ1n) is 8.46. The number of anilines is 1. The molecule has 0 saturated carbocycles. The summed E-state index contributed by atoms with van der Waals surface area (Å²) < 4.78 is 10.9. The Morgan fingerprint density at radius 1 is 0.963 bits per heavy atom. The second-order valence-electron chi connectivity index (χ2n) is 5.76. The minimum Gasteiger partial charge on any atom is -0.485 e. The summed E-state index contributed by atoms with van der Waals surface area (Å²) in [6.07, 6.45) is 5.23. The zero-order valence-electron chi connectivity index (χ0n) is 14.4. The number of rotatable bonds is 7. The Morgan fingerprint density at radius 2 is 1.81 bits per heavy atom. The van der Waals surface area contributed by atoms with Crippen LogP contribution in [0.25, 0.3) is 11.5 Å². The van der Waals surface area contributed by atoms with E-state index in [0.717, 1.165) is 22.7 Å². The quantitative estimate of drug-likeness (QED) is 0.538. The summed E-state index contributed by atoms with van der Waals surface area (Å²) in [5, 5.41) is 7.20. The predicted molar refractivity (Wildman–Crippen MR) is 99.9 cm³/mol. The molecule has 0 fully saturated rings. The van der Waals surface area contributed by atoms with Gasteiger partial charge in [0.25, 0.3) is 5.89 Å². The predicted octanol–water partition coefficient (Wildman–Crippen LogP) is 3.72. The molecule has 0 saturated heterocycles. The standard InChI is InChI=1S/C20H17N5O2/c1-2-4-17(5-3-1)26-14-19-24-20(27-25-19)16-6-7-18(23-13-16)22-12-15-8-10-21-11-9-15/h1-11,13H,12,14H2,(H,22,23). The van der Waals surface area contributed by atoms with E-state index in [1.54, 1.807) is 18.6 Å². The number of hydrogen-bond acceptors (Lipinski definition) is 7. The number of benzene rings is 1. The maximum atomic E-state index is 5.62. The molecule has 4 rings (SSSR count). The Hall–Kier alpha value is -3.74. The first-order chi connectivity index (χ1) is 13.4. The molecule has 0 bridgehead atoms. The van der Waals surface area contributed by atoms with E-state index in [1.165, 1.54) is 0 Å². The second kappa shape index (κ2) is 8.09. The Kier molecular flexibility index (Phi) is 5.01. The molecule has 1 aromatic carbocycles. The van der Waals surface area contributed by atoms with Gasteiger partial charge in [-0.25, -0.2) is 4.98 Å². The summed E-state index contributed by atoms with van der Waals surface area (Å²) in [5.74, 6) is 2.42. The van der Waals surface area contributed by atoms with Gasteiger partial charge in [0.1, 0.15) is 11.6 Å². The topological polar surface area (TPSA) is 86.0 Å². The average Bonchev–Trinajstić information content (AvgIpc) is 3.22. The molecule has 0 aliphatic rings. The van der Waals surface area contributed by atoms with E-state index in [0.29, 0.717) is 18.3 Å². The van der Waals surface area contributed by atoms with Crippen LogP contribution >= 0.6 is 0 Å². The lowest BCUT2D eigenvalue weighted by molar-refractivity contribution is 0.287. The average molecular weight is 359 g/mol. The maximum Gasteiger partial charge on any atom is 0.259 e. The van der Waals surface area contributed by atoms with Gasteiger partial charge in [-0.1, -0.05) is 23.4 Å². The van der Waals surface area contributed by atoms with Crippen LogP contribution in [0.1, 0.15) is 11.4 Å². The van der Waals surface area contributed by atoms with E-state index in [-0.39, 0.29) is 6.61 Å². The fraction of sp³-hybridized carbons (Fsp3) is 0.100. The van der Waals surface area contributed by atoms with E-state index in [4.69, 9.17) is 9.26 Å². The molecule has 0 radical (unpaired) electrons. The minimum absolute atomic E-state index is 0.243. The molecule has 0 spiro atoms. The number of ether oxygens (including phenoxy) is 1. The molecular formula is C20H17N5O2. The van der Waals surface area contributed by atoms with Crippen LogP contribution in [0.15, 0.2) is 77.7 Å². The molecule has 0 aliphatic carbocycles. The van der Waals surface area contributed by atoms with Crippen molar-refractivity contribution in [3.63, 3.8) is 0 Å². The number of nitrogens with zero attached hydrogens (tertiary/aromatic N) is 4. The molecule has 3 heterocycles. The second-order valence-corrected chi connectivity index (χ2v) is 5.76. The van der Waals surface area contributed by atoms with Gasteiger partial charge in [-0.2, -0.15) is 4.98 Å². The van der Waals surface area contributed by atoms with Crippen LogP contribution in [-0.2, 0) is 13.2 Å². The fourth-order valence-electron chi connectivity index (χ4n) is 2.41. The first kappa shape index (κ1) is 16.7. The zero-order chi connectivity index (χ0) is 18.3. The Morgan fingerprint density at radius 3 is 2.59 bits per heavy atom. The van der Waals surface area contributed by atoms with Crippen molar-refractivity contribution in [2.45, 2.75) is 13.2 Å². The highest BCUT2D eigenvalue weighted by molar-refractivity contribution is 5.54. The fourth-order valence-corrected chi connectivity index (χ4v) is 2.41. The number of para-hydroxylation sites is 1. The van der Waals surface area contributed by atoms with Crippen LogP contribution < -0.4 is 10.1 Å². The summed E-state index contributed by atoms with van der Waals surface area (Å²) >= 11 is 0. The number of pyridine rings is 2. The molecule has 0 amide bonds. The third kappa shape index (κ3) is 4.46. The Balaban J connectivity index is 1.35. The third-order valence-corrected chi connectivity index (χ3v) is 3.81. The molecule has 3 aromatic heterocycles. The molecule has 0 unspecified atom stereocenters. The Labute approximate surface area is 156 Å². The molecule has 134 valence electrons. The maximum absolute atomic E-state index is 5.62. The lowest BCUT2D eigenvalue weighted by Crippen LogP contribution is -2.01. The van der Waals surface area contributed by atoms with Crippen molar-refractivity contribution < 1.29 is 9.26 Å². The van der Waals surface area contributed by atoms with Crippen molar-refractivity contribution in [3.8, 4) is 17.2 Å². The van der Waals surface area contributed by atoms with Crippen LogP contribution in [-0.4, -0.2) is 20.1 Å². The van der Waals surface area contributed by atoms with Crippen LogP contribution in [0, 0.1) is 0 Å². The highest BCUT2D eigenvalue weighted by Gasteiger charge is 2.10. The van der Waals surface area contributed by atoms with Gasteiger partial charge in [0.05, 0.1) is 5.56 Å². The van der Waals surface area contributed by atoms with Crippen molar-refractivity contribution >= 4 is 5.82 Å². The molecule has 4 aromatic rings. The zero-order valence-corrected chi connectivity index (χ0v) is 14.4. The van der Waals surface area contributed by atoms with Gasteiger partial charge in [0.15, 0.2) is 6.61 Å².